The van der Waals surface area contributed by atoms with E-state index in [0.717, 1.165) is 0 Å². The molecule has 0 aromatic carbocycles. The van der Waals surface area contributed by atoms with Crippen LogP contribution in [0, 0.1) is 5.41 Å². The molecule has 17 heavy (non-hydrogen) atoms. The van der Waals surface area contributed by atoms with Crippen LogP contribution in [-0.4, -0.2) is 35.8 Å². The highest BCUT2D eigenvalue weighted by molar-refractivity contribution is 6.76. The second-order valence-corrected chi connectivity index (χ2v) is 5.45. The first kappa shape index (κ1) is 17.0. The molecule has 100 valence electrons. The summed E-state index contributed by atoms with van der Waals surface area (Å²) >= 11 is 16.6. The first-order valence-corrected chi connectivity index (χ1v) is 6.05. The third-order valence-corrected chi connectivity index (χ3v) is 2.43. The van der Waals surface area contributed by atoms with E-state index in [4.69, 9.17) is 54.4 Å². The van der Waals surface area contributed by atoms with Crippen LogP contribution in [0.1, 0.15) is 13.3 Å². The maximum atomic E-state index is 7.47. The average molecular weight is 305 g/mol. The van der Waals surface area contributed by atoms with E-state index in [0.29, 0.717) is 6.42 Å². The molecule has 0 aromatic rings. The molecule has 0 fully saturated rings. The molecule has 0 radical (unpaired) electrons. The Morgan fingerprint density at radius 2 is 2.06 bits per heavy atom. The van der Waals surface area contributed by atoms with Gasteiger partial charge in [0.05, 0.1) is 0 Å². The summed E-state index contributed by atoms with van der Waals surface area (Å²) in [5, 5.41) is 7.47. The van der Waals surface area contributed by atoms with Crippen LogP contribution in [0.4, 0.5) is 0 Å². The molecule has 7 heteroatoms. The van der Waals surface area contributed by atoms with Gasteiger partial charge in [-0.05, 0) is 12.5 Å². The lowest BCUT2D eigenvalue weighted by Crippen LogP contribution is -2.35. The molecule has 0 aliphatic rings. The molecule has 0 saturated heterocycles. The summed E-state index contributed by atoms with van der Waals surface area (Å²) in [5.74, 6) is -0.466. The summed E-state index contributed by atoms with van der Waals surface area (Å²) in [4.78, 5) is 0. The van der Waals surface area contributed by atoms with Gasteiger partial charge in [0.1, 0.15) is 19.0 Å². The SMILES string of the molecule is C=C[C@H](OC(=N)C(Cl)(Cl)Cl)[C@@H](CC)OCOC. The number of rotatable bonds is 7. The van der Waals surface area contributed by atoms with Crippen LogP contribution < -0.4 is 0 Å². The molecular formula is C10H16Cl3NO3. The zero-order chi connectivity index (χ0) is 13.5. The fraction of sp³-hybridized carbons (Fsp3) is 0.700. The molecule has 0 unspecified atom stereocenters. The van der Waals surface area contributed by atoms with Crippen molar-refractivity contribution in [1.29, 1.82) is 5.41 Å². The second kappa shape index (κ2) is 8.16. The maximum Gasteiger partial charge on any atom is 0.265 e. The summed E-state index contributed by atoms with van der Waals surface area (Å²) in [7, 11) is 1.51. The topological polar surface area (TPSA) is 51.5 Å². The van der Waals surface area contributed by atoms with Crippen molar-refractivity contribution < 1.29 is 14.2 Å². The Morgan fingerprint density at radius 3 is 2.41 bits per heavy atom. The number of nitrogens with one attached hydrogen (secondary N) is 1. The molecule has 1 N–H and O–H groups in total. The van der Waals surface area contributed by atoms with Crippen LogP contribution >= 0.6 is 34.8 Å². The van der Waals surface area contributed by atoms with E-state index in [1.807, 2.05) is 6.92 Å². The molecule has 0 aliphatic carbocycles. The lowest BCUT2D eigenvalue weighted by atomic mass is 10.1. The number of hydrogen-bond acceptors (Lipinski definition) is 4. The Labute approximate surface area is 116 Å². The normalized spacial score (nSPS) is 15.1. The number of halogens is 3. The molecule has 2 atom stereocenters. The highest BCUT2D eigenvalue weighted by Gasteiger charge is 2.32. The van der Waals surface area contributed by atoms with E-state index >= 15 is 0 Å². The number of alkyl halides is 3. The van der Waals surface area contributed by atoms with Gasteiger partial charge < -0.3 is 14.2 Å². The zero-order valence-electron chi connectivity index (χ0n) is 9.71. The highest BCUT2D eigenvalue weighted by atomic mass is 35.6. The molecule has 0 rings (SSSR count). The van der Waals surface area contributed by atoms with Crippen molar-refractivity contribution >= 4 is 40.7 Å². The van der Waals surface area contributed by atoms with Gasteiger partial charge >= 0.3 is 0 Å². The van der Waals surface area contributed by atoms with Gasteiger partial charge in [-0.1, -0.05) is 48.3 Å². The van der Waals surface area contributed by atoms with Crippen molar-refractivity contribution in [2.75, 3.05) is 13.9 Å². The van der Waals surface area contributed by atoms with E-state index in [2.05, 4.69) is 6.58 Å². The van der Waals surface area contributed by atoms with Gasteiger partial charge in [0, 0.05) is 7.11 Å². The smallest absolute Gasteiger partial charge is 0.265 e. The monoisotopic (exact) mass is 303 g/mol. The second-order valence-electron chi connectivity index (χ2n) is 3.16. The number of methoxy groups -OCH3 is 1. The van der Waals surface area contributed by atoms with Crippen LogP contribution in [-0.2, 0) is 14.2 Å². The van der Waals surface area contributed by atoms with Gasteiger partial charge in [0.15, 0.2) is 0 Å². The van der Waals surface area contributed by atoms with Crippen LogP contribution in [0.5, 0.6) is 0 Å². The molecule has 4 nitrogen and oxygen atoms in total. The Morgan fingerprint density at radius 1 is 1.47 bits per heavy atom. The lowest BCUT2D eigenvalue weighted by molar-refractivity contribution is -0.100. The summed E-state index contributed by atoms with van der Waals surface area (Å²) < 4.78 is 13.5. The Hall–Kier alpha value is -0.0000000000000000416. The quantitative estimate of drug-likeness (QED) is 0.258. The minimum Gasteiger partial charge on any atom is -0.468 e. The first-order chi connectivity index (χ1) is 7.86. The van der Waals surface area contributed by atoms with E-state index in [9.17, 15) is 0 Å². The van der Waals surface area contributed by atoms with Crippen molar-refractivity contribution in [1.82, 2.24) is 0 Å². The van der Waals surface area contributed by atoms with E-state index in [1.165, 1.54) is 13.2 Å². The summed E-state index contributed by atoms with van der Waals surface area (Å²) in [6, 6.07) is 0. The average Bonchev–Trinajstić information content (AvgIpc) is 2.26. The van der Waals surface area contributed by atoms with Crippen LogP contribution in [0.2, 0.25) is 0 Å². The van der Waals surface area contributed by atoms with Crippen molar-refractivity contribution in [3.05, 3.63) is 12.7 Å². The fourth-order valence-electron chi connectivity index (χ4n) is 1.08. The largest absolute Gasteiger partial charge is 0.468 e. The van der Waals surface area contributed by atoms with Crippen LogP contribution in [0.15, 0.2) is 12.7 Å². The van der Waals surface area contributed by atoms with Crippen LogP contribution in [0.3, 0.4) is 0 Å². The predicted octanol–water partition coefficient (Wildman–Crippen LogP) is 3.30. The maximum absolute atomic E-state index is 7.47. The lowest BCUT2D eigenvalue weighted by Gasteiger charge is -2.26. The predicted molar refractivity (Wildman–Crippen MR) is 70.1 cm³/mol. The third kappa shape index (κ3) is 6.48. The third-order valence-electron chi connectivity index (χ3n) is 1.91. The molecule has 0 bridgehead atoms. The standard InChI is InChI=1S/C10H16Cl3NO3/c1-4-7(16-6-15-3)8(5-2)17-9(14)10(11,12)13/h5,7-8,14H,2,4,6H2,1,3H3/t7-,8+/m1/s1. The summed E-state index contributed by atoms with van der Waals surface area (Å²) in [6.45, 7) is 5.62. The van der Waals surface area contributed by atoms with Gasteiger partial charge in [-0.2, -0.15) is 0 Å². The van der Waals surface area contributed by atoms with Gasteiger partial charge in [0.2, 0.25) is 5.90 Å². The van der Waals surface area contributed by atoms with E-state index < -0.39 is 15.8 Å². The molecule has 0 aromatic heterocycles. The fourth-order valence-corrected chi connectivity index (χ4v) is 1.21. The van der Waals surface area contributed by atoms with E-state index in [-0.39, 0.29) is 12.9 Å². The molecule has 0 spiro atoms. The zero-order valence-corrected chi connectivity index (χ0v) is 12.0. The molecule has 0 amide bonds. The van der Waals surface area contributed by atoms with Crippen molar-refractivity contribution in [2.45, 2.75) is 29.3 Å². The van der Waals surface area contributed by atoms with Gasteiger partial charge in [-0.25, -0.2) is 0 Å². The molecular weight excluding hydrogens is 288 g/mol. The van der Waals surface area contributed by atoms with Crippen molar-refractivity contribution in [3.8, 4) is 0 Å². The van der Waals surface area contributed by atoms with Gasteiger partial charge in [-0.3, -0.25) is 5.41 Å². The summed E-state index contributed by atoms with van der Waals surface area (Å²) in [6.07, 6.45) is 1.25. The highest BCUT2D eigenvalue weighted by Crippen LogP contribution is 2.29. The number of hydrogen-bond donors (Lipinski definition) is 1. The van der Waals surface area contributed by atoms with Gasteiger partial charge in [0.25, 0.3) is 3.79 Å². The van der Waals surface area contributed by atoms with Crippen molar-refractivity contribution in [2.24, 2.45) is 0 Å². The Balaban J connectivity index is 4.48. The molecule has 0 saturated carbocycles. The Bertz CT molecular complexity index is 256. The first-order valence-electron chi connectivity index (χ1n) is 4.92. The minimum absolute atomic E-state index is 0.118. The van der Waals surface area contributed by atoms with Crippen LogP contribution in [0.25, 0.3) is 0 Å². The minimum atomic E-state index is -1.89. The van der Waals surface area contributed by atoms with Crippen molar-refractivity contribution in [3.63, 3.8) is 0 Å². The molecule has 0 aliphatic heterocycles. The van der Waals surface area contributed by atoms with Gasteiger partial charge in [-0.15, -0.1) is 0 Å². The number of ether oxygens (including phenoxy) is 3. The summed E-state index contributed by atoms with van der Waals surface area (Å²) in [5.41, 5.74) is 0. The van der Waals surface area contributed by atoms with E-state index in [1.54, 1.807) is 0 Å². The molecule has 0 heterocycles. The Kier molecular flexibility index (Phi) is 8.16.